The predicted octanol–water partition coefficient (Wildman–Crippen LogP) is -2.44. The second-order valence-corrected chi connectivity index (χ2v) is 7.82. The highest BCUT2D eigenvalue weighted by Gasteiger charge is 2.72. The summed E-state index contributed by atoms with van der Waals surface area (Å²) in [4.78, 5) is 39.9. The van der Waals surface area contributed by atoms with Crippen LogP contribution in [0.1, 0.15) is 6.92 Å². The zero-order chi connectivity index (χ0) is 21.6. The predicted molar refractivity (Wildman–Crippen MR) is 104 cm³/mol. The number of Topliss-reactive ketones (excluding diaryl/α,β-unsaturated/α-hetero) is 2. The van der Waals surface area contributed by atoms with Crippen molar-refractivity contribution >= 4 is 17.7 Å². The SMILES string of the molecule is CO[C@@]12C(COC(N)=O)C3=C(C(=O)C(C)=C(NCCNCCO)C3=O)N1CC1NC12. The number of hydrogen-bond acceptors (Lipinski definition) is 10. The number of ether oxygens (including phenoxy) is 2. The smallest absolute Gasteiger partial charge is 0.404 e. The van der Waals surface area contributed by atoms with Crippen LogP contribution >= 0.6 is 0 Å². The Hall–Kier alpha value is -2.47. The Labute approximate surface area is 173 Å². The van der Waals surface area contributed by atoms with Crippen molar-refractivity contribution in [2.75, 3.05) is 46.5 Å². The molecular weight excluding hydrogens is 394 g/mol. The lowest BCUT2D eigenvalue weighted by Gasteiger charge is -2.39. The van der Waals surface area contributed by atoms with Gasteiger partial charge in [0.15, 0.2) is 5.72 Å². The van der Waals surface area contributed by atoms with E-state index in [-0.39, 0.29) is 42.6 Å². The molecule has 0 bridgehead atoms. The maximum atomic E-state index is 13.5. The molecule has 0 saturated carbocycles. The van der Waals surface area contributed by atoms with Crippen LogP contribution in [0.4, 0.5) is 4.79 Å². The van der Waals surface area contributed by atoms with Gasteiger partial charge in [-0.3, -0.25) is 9.59 Å². The molecule has 4 rings (SSSR count). The van der Waals surface area contributed by atoms with Gasteiger partial charge in [-0.25, -0.2) is 4.79 Å². The van der Waals surface area contributed by atoms with Gasteiger partial charge in [0.1, 0.15) is 6.61 Å². The highest BCUT2D eigenvalue weighted by molar-refractivity contribution is 6.25. The summed E-state index contributed by atoms with van der Waals surface area (Å²) in [5.74, 6) is -1.19. The maximum absolute atomic E-state index is 13.5. The number of amides is 1. The first-order valence-electron chi connectivity index (χ1n) is 9.99. The number of carbonyl (C=O) groups is 3. The Kier molecular flexibility index (Phi) is 5.30. The van der Waals surface area contributed by atoms with E-state index in [1.807, 2.05) is 4.90 Å². The molecule has 0 aromatic carbocycles. The lowest BCUT2D eigenvalue weighted by atomic mass is 9.82. The number of nitrogens with one attached hydrogen (secondary N) is 3. The van der Waals surface area contributed by atoms with Gasteiger partial charge in [-0.1, -0.05) is 0 Å². The van der Waals surface area contributed by atoms with Gasteiger partial charge >= 0.3 is 6.09 Å². The number of nitrogens with two attached hydrogens (primary N) is 1. The first-order valence-corrected chi connectivity index (χ1v) is 9.99. The fourth-order valence-electron chi connectivity index (χ4n) is 4.98. The number of aliphatic hydroxyl groups is 1. The van der Waals surface area contributed by atoms with Crippen LogP contribution in [0.5, 0.6) is 0 Å². The Balaban J connectivity index is 1.64. The lowest BCUT2D eigenvalue weighted by molar-refractivity contribution is -0.137. The summed E-state index contributed by atoms with van der Waals surface area (Å²) in [6.45, 7) is 3.38. The molecule has 11 nitrogen and oxygen atoms in total. The number of fused-ring (bicyclic) bond motifs is 4. The van der Waals surface area contributed by atoms with Crippen molar-refractivity contribution in [2.45, 2.75) is 24.7 Å². The van der Waals surface area contributed by atoms with E-state index < -0.39 is 17.7 Å². The number of hydrogen-bond donors (Lipinski definition) is 5. The lowest BCUT2D eigenvalue weighted by Crippen LogP contribution is -2.55. The fourth-order valence-corrected chi connectivity index (χ4v) is 4.98. The van der Waals surface area contributed by atoms with E-state index in [9.17, 15) is 14.4 Å². The van der Waals surface area contributed by atoms with Gasteiger partial charge in [0.05, 0.1) is 30.0 Å². The summed E-state index contributed by atoms with van der Waals surface area (Å²) in [5, 5.41) is 18.2. The van der Waals surface area contributed by atoms with Crippen LogP contribution in [0.3, 0.4) is 0 Å². The summed E-state index contributed by atoms with van der Waals surface area (Å²) >= 11 is 0. The number of rotatable bonds is 9. The second kappa shape index (κ2) is 7.65. The van der Waals surface area contributed by atoms with E-state index in [1.165, 1.54) is 7.11 Å². The molecule has 0 aromatic heterocycles. The summed E-state index contributed by atoms with van der Waals surface area (Å²) in [6.07, 6.45) is -0.949. The number of ketones is 2. The van der Waals surface area contributed by atoms with Crippen molar-refractivity contribution in [1.82, 2.24) is 20.9 Å². The van der Waals surface area contributed by atoms with E-state index in [4.69, 9.17) is 20.3 Å². The zero-order valence-corrected chi connectivity index (χ0v) is 17.0. The number of aliphatic hydroxyl groups excluding tert-OH is 1. The van der Waals surface area contributed by atoms with Gasteiger partial charge < -0.3 is 41.2 Å². The average molecular weight is 421 g/mol. The number of piperazine rings is 1. The van der Waals surface area contributed by atoms with Crippen molar-refractivity contribution in [1.29, 1.82) is 0 Å². The molecule has 4 atom stereocenters. The first-order chi connectivity index (χ1) is 14.4. The summed E-state index contributed by atoms with van der Waals surface area (Å²) in [7, 11) is 1.53. The second-order valence-electron chi connectivity index (χ2n) is 7.82. The molecule has 6 N–H and O–H groups in total. The topological polar surface area (TPSA) is 165 Å². The number of primary amides is 1. The first kappa shape index (κ1) is 20.8. The Bertz CT molecular complexity index is 854. The molecule has 164 valence electrons. The van der Waals surface area contributed by atoms with E-state index in [1.54, 1.807) is 6.92 Å². The normalized spacial score (nSPS) is 31.7. The minimum absolute atomic E-state index is 0.0159. The molecule has 2 fully saturated rings. The van der Waals surface area contributed by atoms with Crippen LogP contribution in [0.2, 0.25) is 0 Å². The van der Waals surface area contributed by atoms with Gasteiger partial charge in [0.25, 0.3) is 0 Å². The van der Waals surface area contributed by atoms with E-state index in [0.29, 0.717) is 43.0 Å². The molecule has 11 heteroatoms. The third-order valence-electron chi connectivity index (χ3n) is 6.32. The molecule has 0 spiro atoms. The van der Waals surface area contributed by atoms with Crippen molar-refractivity contribution in [3.05, 3.63) is 22.5 Å². The highest BCUT2D eigenvalue weighted by atomic mass is 16.6. The monoisotopic (exact) mass is 421 g/mol. The van der Waals surface area contributed by atoms with Gasteiger partial charge in [0, 0.05) is 50.5 Å². The van der Waals surface area contributed by atoms with Gasteiger partial charge in [-0.15, -0.1) is 0 Å². The third kappa shape index (κ3) is 2.92. The highest BCUT2D eigenvalue weighted by Crippen LogP contribution is 2.55. The van der Waals surface area contributed by atoms with Crippen molar-refractivity contribution in [3.8, 4) is 0 Å². The van der Waals surface area contributed by atoms with Crippen molar-refractivity contribution in [3.63, 3.8) is 0 Å². The molecular formula is C19H27N5O6. The third-order valence-corrected chi connectivity index (χ3v) is 6.32. The zero-order valence-electron chi connectivity index (χ0n) is 17.0. The van der Waals surface area contributed by atoms with Crippen LogP contribution in [-0.4, -0.2) is 92.0 Å². The van der Waals surface area contributed by atoms with Crippen LogP contribution in [0.15, 0.2) is 22.5 Å². The molecule has 4 aliphatic rings. The summed E-state index contributed by atoms with van der Waals surface area (Å²) in [5.41, 5.74) is 5.41. The average Bonchev–Trinajstić information content (AvgIpc) is 3.33. The summed E-state index contributed by atoms with van der Waals surface area (Å²) in [6, 6.07) is 0.0777. The maximum Gasteiger partial charge on any atom is 0.404 e. The minimum Gasteiger partial charge on any atom is -0.449 e. The minimum atomic E-state index is -0.978. The fraction of sp³-hybridized carbons (Fsp3) is 0.632. The molecule has 30 heavy (non-hydrogen) atoms. The molecule has 2 saturated heterocycles. The van der Waals surface area contributed by atoms with Gasteiger partial charge in [-0.05, 0) is 6.92 Å². The molecule has 3 heterocycles. The molecule has 3 unspecified atom stereocenters. The molecule has 1 amide bonds. The molecule has 1 aliphatic carbocycles. The Morgan fingerprint density at radius 2 is 2.10 bits per heavy atom. The number of carbonyl (C=O) groups excluding carboxylic acids is 3. The van der Waals surface area contributed by atoms with Crippen LogP contribution < -0.4 is 21.7 Å². The number of methoxy groups -OCH3 is 1. The Morgan fingerprint density at radius 1 is 1.33 bits per heavy atom. The van der Waals surface area contributed by atoms with Crippen LogP contribution in [0, 0.1) is 5.92 Å². The van der Waals surface area contributed by atoms with Crippen LogP contribution in [-0.2, 0) is 19.1 Å². The summed E-state index contributed by atoms with van der Waals surface area (Å²) < 4.78 is 11.0. The number of allylic oxidation sites excluding steroid dienone is 2. The largest absolute Gasteiger partial charge is 0.449 e. The van der Waals surface area contributed by atoms with E-state index in [0.717, 1.165) is 0 Å². The van der Waals surface area contributed by atoms with Crippen molar-refractivity contribution < 1.29 is 29.0 Å². The van der Waals surface area contributed by atoms with Crippen molar-refractivity contribution in [2.24, 2.45) is 11.7 Å². The molecule has 0 aromatic rings. The van der Waals surface area contributed by atoms with E-state index >= 15 is 0 Å². The standard InChI is InChI=1S/C19H27N5O6/c1-9-13(22-4-3-21-5-6-25)16(27)12-10(8-30-18(20)28)19(29-2)17-11(23-17)7-24(19)14(12)15(9)26/h10-11,17,21-23,25H,3-8H2,1-2H3,(H2,20,28)/t10?,11?,17?,19-/m1/s1. The number of nitrogens with zero attached hydrogens (tertiary/aromatic N) is 1. The van der Waals surface area contributed by atoms with E-state index in [2.05, 4.69) is 16.0 Å². The van der Waals surface area contributed by atoms with Crippen LogP contribution in [0.25, 0.3) is 0 Å². The molecule has 0 radical (unpaired) electrons. The van der Waals surface area contributed by atoms with Gasteiger partial charge in [0.2, 0.25) is 11.6 Å². The Morgan fingerprint density at radius 3 is 2.77 bits per heavy atom. The quantitative estimate of drug-likeness (QED) is 0.153. The molecule has 3 aliphatic heterocycles. The van der Waals surface area contributed by atoms with Gasteiger partial charge in [-0.2, -0.15) is 0 Å².